The average molecular weight is 531 g/mol. The van der Waals surface area contributed by atoms with Gasteiger partial charge in [0, 0.05) is 34.3 Å². The van der Waals surface area contributed by atoms with Crippen molar-refractivity contribution in [3.63, 3.8) is 0 Å². The van der Waals surface area contributed by atoms with Crippen LogP contribution in [-0.2, 0) is 16.0 Å². The average Bonchev–Trinajstić information content (AvgIpc) is 3.47. The van der Waals surface area contributed by atoms with E-state index in [-0.39, 0.29) is 12.3 Å². The molecule has 1 heterocycles. The fourth-order valence-electron chi connectivity index (χ4n) is 3.59. The van der Waals surface area contributed by atoms with Gasteiger partial charge in [0.2, 0.25) is 11.8 Å². The van der Waals surface area contributed by atoms with Gasteiger partial charge < -0.3 is 21.6 Å². The fourth-order valence-corrected chi connectivity index (χ4v) is 3.78. The largest absolute Gasteiger partial charge is 0.409 e. The number of aromatic nitrogens is 4. The van der Waals surface area contributed by atoms with Gasteiger partial charge in [-0.15, -0.1) is 5.10 Å². The molecule has 0 unspecified atom stereocenters. The number of nitrogens with one attached hydrogen (secondary N) is 2. The molecule has 0 aliphatic rings. The summed E-state index contributed by atoms with van der Waals surface area (Å²) in [5, 5.41) is 29.0. The Kier molecular flexibility index (Phi) is 8.42. The van der Waals surface area contributed by atoms with Crippen molar-refractivity contribution in [3.8, 4) is 5.69 Å². The van der Waals surface area contributed by atoms with E-state index in [2.05, 4.69) is 31.3 Å². The highest BCUT2D eigenvalue weighted by Crippen LogP contribution is 2.20. The zero-order chi connectivity index (χ0) is 26.9. The second kappa shape index (κ2) is 12.3. The summed E-state index contributed by atoms with van der Waals surface area (Å²) in [6.07, 6.45) is 4.58. The van der Waals surface area contributed by atoms with Crippen molar-refractivity contribution in [3.05, 3.63) is 107 Å². The van der Waals surface area contributed by atoms with Crippen LogP contribution in [0.15, 0.2) is 90.4 Å². The maximum Gasteiger partial charge on any atom is 0.247 e. The predicted molar refractivity (Wildman–Crippen MR) is 143 cm³/mol. The van der Waals surface area contributed by atoms with Crippen molar-refractivity contribution in [1.82, 2.24) is 25.5 Å². The van der Waals surface area contributed by atoms with E-state index in [9.17, 15) is 9.59 Å². The molecule has 2 amide bonds. The molecule has 1 aromatic heterocycles. The van der Waals surface area contributed by atoms with Gasteiger partial charge in [-0.3, -0.25) is 9.59 Å². The number of oxime groups is 1. The first kappa shape index (κ1) is 26.0. The zero-order valence-corrected chi connectivity index (χ0v) is 20.7. The summed E-state index contributed by atoms with van der Waals surface area (Å²) in [6, 6.07) is 20.0. The van der Waals surface area contributed by atoms with Gasteiger partial charge in [-0.2, -0.15) is 4.68 Å². The van der Waals surface area contributed by atoms with Crippen LogP contribution in [0.1, 0.15) is 16.7 Å². The molecule has 0 aliphatic carbocycles. The number of anilines is 1. The second-order valence-corrected chi connectivity index (χ2v) is 8.53. The number of nitrogens with two attached hydrogens (primary N) is 1. The molecule has 3 aromatic carbocycles. The Balaban J connectivity index is 1.51. The Morgan fingerprint density at radius 3 is 2.55 bits per heavy atom. The van der Waals surface area contributed by atoms with Crippen molar-refractivity contribution in [2.24, 2.45) is 10.9 Å². The Morgan fingerprint density at radius 1 is 1.11 bits per heavy atom. The summed E-state index contributed by atoms with van der Waals surface area (Å²) in [4.78, 5) is 26.1. The van der Waals surface area contributed by atoms with Gasteiger partial charge in [0.25, 0.3) is 0 Å². The maximum atomic E-state index is 13.2. The zero-order valence-electron chi connectivity index (χ0n) is 19.9. The van der Waals surface area contributed by atoms with Crippen LogP contribution in [0.25, 0.3) is 11.8 Å². The summed E-state index contributed by atoms with van der Waals surface area (Å²) in [7, 11) is 0. The minimum absolute atomic E-state index is 0.0492. The number of hydrogen-bond acceptors (Lipinski definition) is 7. The van der Waals surface area contributed by atoms with E-state index in [0.717, 1.165) is 5.56 Å². The van der Waals surface area contributed by atoms with Gasteiger partial charge in [-0.1, -0.05) is 47.1 Å². The molecule has 0 spiro atoms. The van der Waals surface area contributed by atoms with Crippen molar-refractivity contribution in [2.75, 3.05) is 5.32 Å². The van der Waals surface area contributed by atoms with Crippen LogP contribution < -0.4 is 16.4 Å². The minimum atomic E-state index is -0.878. The van der Waals surface area contributed by atoms with Crippen molar-refractivity contribution >= 4 is 41.0 Å². The Labute approximate surface area is 222 Å². The molecule has 1 atom stereocenters. The summed E-state index contributed by atoms with van der Waals surface area (Å²) in [6.45, 7) is 0. The van der Waals surface area contributed by atoms with Gasteiger partial charge >= 0.3 is 0 Å². The minimum Gasteiger partial charge on any atom is -0.409 e. The predicted octanol–water partition coefficient (Wildman–Crippen LogP) is 2.79. The molecular formula is C26H23ClN8O3. The van der Waals surface area contributed by atoms with E-state index in [1.54, 1.807) is 48.5 Å². The van der Waals surface area contributed by atoms with E-state index in [4.69, 9.17) is 22.5 Å². The summed E-state index contributed by atoms with van der Waals surface area (Å²) in [5.41, 5.74) is 8.67. The van der Waals surface area contributed by atoms with Crippen LogP contribution in [0.4, 0.5) is 5.69 Å². The molecule has 0 aliphatic heterocycles. The van der Waals surface area contributed by atoms with Gasteiger partial charge in [0.15, 0.2) is 5.84 Å². The smallest absolute Gasteiger partial charge is 0.247 e. The summed E-state index contributed by atoms with van der Waals surface area (Å²) < 4.78 is 1.45. The van der Waals surface area contributed by atoms with Crippen LogP contribution in [0.2, 0.25) is 5.02 Å². The fraction of sp³-hybridized carbons (Fsp3) is 0.0769. The third-order valence-corrected chi connectivity index (χ3v) is 5.71. The molecule has 11 nitrogen and oxygen atoms in total. The summed E-state index contributed by atoms with van der Waals surface area (Å²) >= 11 is 6.15. The highest BCUT2D eigenvalue weighted by atomic mass is 35.5. The van der Waals surface area contributed by atoms with E-state index >= 15 is 0 Å². The Bertz CT molecular complexity index is 1460. The monoisotopic (exact) mass is 530 g/mol. The molecule has 192 valence electrons. The molecule has 0 bridgehead atoms. The van der Waals surface area contributed by atoms with E-state index < -0.39 is 17.9 Å². The van der Waals surface area contributed by atoms with E-state index in [1.165, 1.54) is 17.1 Å². The SMILES string of the molecule is NC(=NO)c1ccc(NC(=O)[C@H](Cc2ccccc2)NC(=O)C=Cc2cc(Cl)ccc2-n2cnnn2)cc1. The standard InChI is InChI=1S/C26H23ClN8O3/c27-20-9-12-23(35-16-29-33-34-35)19(15-20)8-13-24(36)31-22(14-17-4-2-1-3-5-17)26(37)30-21-10-6-18(7-11-21)25(28)32-38/h1-13,15-16,22,38H,14H2,(H2,28,32)(H,30,37)(H,31,36)/t22-/m0/s1. The van der Waals surface area contributed by atoms with Crippen LogP contribution in [-0.4, -0.2) is 49.1 Å². The first-order chi connectivity index (χ1) is 18.4. The van der Waals surface area contributed by atoms with Crippen LogP contribution >= 0.6 is 11.6 Å². The first-order valence-electron chi connectivity index (χ1n) is 11.4. The highest BCUT2D eigenvalue weighted by Gasteiger charge is 2.21. The molecule has 4 rings (SSSR count). The Hall–Kier alpha value is -5.03. The van der Waals surface area contributed by atoms with E-state index in [0.29, 0.717) is 27.5 Å². The molecule has 0 saturated heterocycles. The van der Waals surface area contributed by atoms with Gasteiger partial charge in [0.1, 0.15) is 12.4 Å². The number of benzene rings is 3. The number of tetrazole rings is 1. The molecule has 5 N–H and O–H groups in total. The topological polar surface area (TPSA) is 160 Å². The maximum absolute atomic E-state index is 13.2. The van der Waals surface area contributed by atoms with Gasteiger partial charge in [-0.05, 0) is 64.5 Å². The van der Waals surface area contributed by atoms with E-state index in [1.807, 2.05) is 30.3 Å². The quantitative estimate of drug-likeness (QED) is 0.0850. The van der Waals surface area contributed by atoms with Gasteiger partial charge in [-0.25, -0.2) is 0 Å². The third-order valence-electron chi connectivity index (χ3n) is 5.47. The number of carbonyl (C=O) groups is 2. The summed E-state index contributed by atoms with van der Waals surface area (Å²) in [5.74, 6) is -0.942. The molecule has 0 saturated carbocycles. The number of nitrogens with zero attached hydrogens (tertiary/aromatic N) is 5. The number of amidine groups is 1. The molecule has 4 aromatic rings. The Morgan fingerprint density at radius 2 is 1.87 bits per heavy atom. The molecule has 38 heavy (non-hydrogen) atoms. The second-order valence-electron chi connectivity index (χ2n) is 8.09. The number of hydrogen-bond donors (Lipinski definition) is 4. The van der Waals surface area contributed by atoms with Crippen LogP contribution in [0, 0.1) is 0 Å². The van der Waals surface area contributed by atoms with Gasteiger partial charge in [0.05, 0.1) is 5.69 Å². The lowest BCUT2D eigenvalue weighted by Crippen LogP contribution is -2.44. The first-order valence-corrected chi connectivity index (χ1v) is 11.7. The lowest BCUT2D eigenvalue weighted by atomic mass is 10.0. The molecular weight excluding hydrogens is 508 g/mol. The molecule has 0 fully saturated rings. The lowest BCUT2D eigenvalue weighted by molar-refractivity contribution is -0.123. The van der Waals surface area contributed by atoms with Crippen molar-refractivity contribution in [2.45, 2.75) is 12.5 Å². The molecule has 0 radical (unpaired) electrons. The number of rotatable bonds is 9. The third kappa shape index (κ3) is 6.80. The lowest BCUT2D eigenvalue weighted by Gasteiger charge is -2.18. The molecule has 12 heteroatoms. The van der Waals surface area contributed by atoms with Crippen molar-refractivity contribution < 1.29 is 14.8 Å². The van der Waals surface area contributed by atoms with Crippen LogP contribution in [0.3, 0.4) is 0 Å². The highest BCUT2D eigenvalue weighted by molar-refractivity contribution is 6.30. The van der Waals surface area contributed by atoms with Crippen LogP contribution in [0.5, 0.6) is 0 Å². The number of halogens is 1. The number of amides is 2. The normalized spacial score (nSPS) is 12.3. The van der Waals surface area contributed by atoms with Crippen molar-refractivity contribution in [1.29, 1.82) is 0 Å². The number of carbonyl (C=O) groups excluding carboxylic acids is 2.